The van der Waals surface area contributed by atoms with Crippen molar-refractivity contribution in [2.45, 2.75) is 19.3 Å². The molecule has 2 amide bonds. The predicted octanol–water partition coefficient (Wildman–Crippen LogP) is 1.73. The molecule has 1 saturated carbocycles. The molecule has 0 saturated heterocycles. The van der Waals surface area contributed by atoms with E-state index in [1.165, 1.54) is 18.0 Å². The Kier molecular flexibility index (Phi) is 4.11. The van der Waals surface area contributed by atoms with Gasteiger partial charge in [0.25, 0.3) is 11.8 Å². The van der Waals surface area contributed by atoms with E-state index in [2.05, 4.69) is 0 Å². The molecule has 1 aliphatic heterocycles. The van der Waals surface area contributed by atoms with Crippen LogP contribution in [-0.4, -0.2) is 30.2 Å². The van der Waals surface area contributed by atoms with Crippen molar-refractivity contribution in [1.29, 1.82) is 0 Å². The second-order valence-electron chi connectivity index (χ2n) is 5.63. The first kappa shape index (κ1) is 14.6. The summed E-state index contributed by atoms with van der Waals surface area (Å²) >= 11 is 0. The Bertz CT molecular complexity index is 623. The van der Waals surface area contributed by atoms with Gasteiger partial charge in [-0.05, 0) is 42.5 Å². The molecule has 0 aromatic heterocycles. The molecule has 1 aromatic carbocycles. The molecule has 0 radical (unpaired) electrons. The van der Waals surface area contributed by atoms with Gasteiger partial charge in [0.15, 0.2) is 6.61 Å². The Morgan fingerprint density at radius 1 is 1.45 bits per heavy atom. The van der Waals surface area contributed by atoms with E-state index < -0.39 is 5.91 Å². The molecule has 0 spiro atoms. The molecule has 6 heteroatoms. The average Bonchev–Trinajstić information content (AvgIpc) is 2.49. The van der Waals surface area contributed by atoms with Crippen molar-refractivity contribution in [3.05, 3.63) is 29.8 Å². The van der Waals surface area contributed by atoms with Crippen molar-refractivity contribution in [1.82, 2.24) is 5.48 Å². The molecule has 0 unspecified atom stereocenters. The maximum Gasteiger partial charge on any atom is 0.267 e. The summed E-state index contributed by atoms with van der Waals surface area (Å²) < 4.78 is 5.47. The zero-order valence-electron chi connectivity index (χ0n) is 12.1. The third kappa shape index (κ3) is 2.96. The first-order valence-corrected chi connectivity index (χ1v) is 7.37. The number of hydrogen-bond acceptors (Lipinski definition) is 4. The van der Waals surface area contributed by atoms with Gasteiger partial charge in [0, 0.05) is 12.6 Å². The van der Waals surface area contributed by atoms with Crippen molar-refractivity contribution < 1.29 is 19.5 Å². The quantitative estimate of drug-likeness (QED) is 0.504. The van der Waals surface area contributed by atoms with E-state index in [0.29, 0.717) is 11.7 Å². The summed E-state index contributed by atoms with van der Waals surface area (Å²) in [4.78, 5) is 25.0. The highest BCUT2D eigenvalue weighted by Crippen LogP contribution is 2.36. The highest BCUT2D eigenvalue weighted by molar-refractivity contribution is 5.98. The fourth-order valence-electron chi connectivity index (χ4n) is 2.67. The lowest BCUT2D eigenvalue weighted by Gasteiger charge is -2.35. The Hall–Kier alpha value is -2.34. The van der Waals surface area contributed by atoms with Crippen molar-refractivity contribution in [3.8, 4) is 5.75 Å². The molecule has 6 nitrogen and oxygen atoms in total. The third-order valence-corrected chi connectivity index (χ3v) is 4.13. The fourth-order valence-corrected chi connectivity index (χ4v) is 2.67. The second kappa shape index (κ2) is 6.19. The summed E-state index contributed by atoms with van der Waals surface area (Å²) in [7, 11) is 0. The van der Waals surface area contributed by atoms with Crippen LogP contribution in [0.15, 0.2) is 24.3 Å². The van der Waals surface area contributed by atoms with Gasteiger partial charge in [-0.25, -0.2) is 5.48 Å². The van der Waals surface area contributed by atoms with E-state index >= 15 is 0 Å². The Labute approximate surface area is 128 Å². The van der Waals surface area contributed by atoms with Gasteiger partial charge >= 0.3 is 0 Å². The van der Waals surface area contributed by atoms with Crippen molar-refractivity contribution in [2.75, 3.05) is 18.1 Å². The molecular weight excluding hydrogens is 284 g/mol. The van der Waals surface area contributed by atoms with E-state index in [9.17, 15) is 9.59 Å². The van der Waals surface area contributed by atoms with Crippen molar-refractivity contribution in [2.24, 2.45) is 5.92 Å². The minimum atomic E-state index is -0.601. The summed E-state index contributed by atoms with van der Waals surface area (Å²) in [6.07, 6.45) is 6.36. The number of carbonyl (C=O) groups excluding carboxylic acids is 2. The van der Waals surface area contributed by atoms with Crippen LogP contribution < -0.4 is 15.1 Å². The zero-order chi connectivity index (χ0) is 15.5. The number of hydrogen-bond donors (Lipinski definition) is 2. The largest absolute Gasteiger partial charge is 0.482 e. The van der Waals surface area contributed by atoms with Crippen LogP contribution >= 0.6 is 0 Å². The monoisotopic (exact) mass is 302 g/mol. The van der Waals surface area contributed by atoms with Crippen LogP contribution in [0.1, 0.15) is 24.8 Å². The number of rotatable bonds is 4. The Balaban J connectivity index is 1.85. The first-order chi connectivity index (χ1) is 10.7. The standard InChI is InChI=1S/C16H18N2O4/c19-15(17-21)7-5-11-4-6-14-13(8-11)18(16(20)10-22-14)9-12-2-1-3-12/h4-8,12,21H,1-3,9-10H2,(H,17,19)/b7-5+. The molecule has 116 valence electrons. The lowest BCUT2D eigenvalue weighted by molar-refractivity contribution is -0.124. The van der Waals surface area contributed by atoms with Gasteiger partial charge in [0.05, 0.1) is 5.69 Å². The number of fused-ring (bicyclic) bond motifs is 1. The summed E-state index contributed by atoms with van der Waals surface area (Å²) in [6.45, 7) is 0.793. The molecule has 2 N–H and O–H groups in total. The summed E-state index contributed by atoms with van der Waals surface area (Å²) in [5.74, 6) is 0.613. The fraction of sp³-hybridized carbons (Fsp3) is 0.375. The predicted molar refractivity (Wildman–Crippen MR) is 80.6 cm³/mol. The molecule has 1 aliphatic carbocycles. The maximum atomic E-state index is 12.1. The number of benzene rings is 1. The zero-order valence-corrected chi connectivity index (χ0v) is 12.1. The summed E-state index contributed by atoms with van der Waals surface area (Å²) in [5.41, 5.74) is 3.05. The van der Waals surface area contributed by atoms with E-state index in [4.69, 9.17) is 9.94 Å². The second-order valence-corrected chi connectivity index (χ2v) is 5.63. The van der Waals surface area contributed by atoms with E-state index in [0.717, 1.165) is 30.6 Å². The van der Waals surface area contributed by atoms with Crippen LogP contribution in [-0.2, 0) is 9.59 Å². The molecule has 3 rings (SSSR count). The lowest BCUT2D eigenvalue weighted by atomic mass is 9.85. The van der Waals surface area contributed by atoms with Crippen molar-refractivity contribution in [3.63, 3.8) is 0 Å². The number of amides is 2. The smallest absolute Gasteiger partial charge is 0.267 e. The van der Waals surface area contributed by atoms with Crippen LogP contribution in [0.4, 0.5) is 5.69 Å². The Morgan fingerprint density at radius 2 is 2.27 bits per heavy atom. The number of anilines is 1. The molecule has 22 heavy (non-hydrogen) atoms. The van der Waals surface area contributed by atoms with Crippen LogP contribution in [0, 0.1) is 5.92 Å². The molecule has 1 aromatic rings. The van der Waals surface area contributed by atoms with Gasteiger partial charge in [-0.1, -0.05) is 12.5 Å². The third-order valence-electron chi connectivity index (χ3n) is 4.13. The number of nitrogens with one attached hydrogen (secondary N) is 1. The highest BCUT2D eigenvalue weighted by atomic mass is 16.5. The van der Waals surface area contributed by atoms with Crippen LogP contribution in [0.2, 0.25) is 0 Å². The Morgan fingerprint density at radius 3 is 2.95 bits per heavy atom. The molecular formula is C16H18N2O4. The van der Waals surface area contributed by atoms with E-state index in [1.54, 1.807) is 23.1 Å². The highest BCUT2D eigenvalue weighted by Gasteiger charge is 2.29. The number of carbonyl (C=O) groups is 2. The van der Waals surface area contributed by atoms with Crippen LogP contribution in [0.5, 0.6) is 5.75 Å². The average molecular weight is 302 g/mol. The van der Waals surface area contributed by atoms with Gasteiger partial charge in [-0.3, -0.25) is 14.8 Å². The SMILES string of the molecule is O=C(/C=C/c1ccc2c(c1)N(CC1CCC1)C(=O)CO2)NO. The minimum absolute atomic E-state index is 0.0337. The number of nitrogens with zero attached hydrogens (tertiary/aromatic N) is 1. The van der Waals surface area contributed by atoms with Gasteiger partial charge < -0.3 is 9.64 Å². The lowest BCUT2D eigenvalue weighted by Crippen LogP contribution is -2.43. The number of ether oxygens (including phenoxy) is 1. The summed E-state index contributed by atoms with van der Waals surface area (Å²) in [5, 5.41) is 8.49. The van der Waals surface area contributed by atoms with Gasteiger partial charge in [0.2, 0.25) is 0 Å². The first-order valence-electron chi connectivity index (χ1n) is 7.37. The van der Waals surface area contributed by atoms with Crippen molar-refractivity contribution >= 4 is 23.6 Å². The van der Waals surface area contributed by atoms with Gasteiger partial charge in [-0.15, -0.1) is 0 Å². The summed E-state index contributed by atoms with van der Waals surface area (Å²) in [6, 6.07) is 5.43. The molecule has 0 atom stereocenters. The van der Waals surface area contributed by atoms with Crippen LogP contribution in [0.3, 0.4) is 0 Å². The van der Waals surface area contributed by atoms with Gasteiger partial charge in [0.1, 0.15) is 5.75 Å². The van der Waals surface area contributed by atoms with E-state index in [-0.39, 0.29) is 12.5 Å². The maximum absolute atomic E-state index is 12.1. The normalized spacial score (nSPS) is 17.9. The van der Waals surface area contributed by atoms with Crippen LogP contribution in [0.25, 0.3) is 6.08 Å². The molecule has 1 heterocycles. The minimum Gasteiger partial charge on any atom is -0.482 e. The topological polar surface area (TPSA) is 78.9 Å². The molecule has 2 aliphatic rings. The molecule has 1 fully saturated rings. The van der Waals surface area contributed by atoms with E-state index in [1.807, 2.05) is 6.07 Å². The number of hydroxylamine groups is 1. The van der Waals surface area contributed by atoms with Gasteiger partial charge in [-0.2, -0.15) is 0 Å². The molecule has 0 bridgehead atoms.